The molecule has 2 aliphatic rings. The van der Waals surface area contributed by atoms with Crippen molar-refractivity contribution in [2.24, 2.45) is 5.92 Å². The van der Waals surface area contributed by atoms with Gasteiger partial charge in [0.15, 0.2) is 0 Å². The SMILES string of the molecule is COc1cccc(C2(C(=O)NC3CCN(C(C(=O)O)C(C)C)C3=O)CCCC2)c1. The molecule has 7 heteroatoms. The maximum absolute atomic E-state index is 13.4. The van der Waals surface area contributed by atoms with Crippen LogP contribution in [0.5, 0.6) is 5.75 Å². The van der Waals surface area contributed by atoms with Crippen LogP contribution in [0.4, 0.5) is 0 Å². The van der Waals surface area contributed by atoms with Gasteiger partial charge >= 0.3 is 5.97 Å². The van der Waals surface area contributed by atoms with E-state index < -0.39 is 23.5 Å². The summed E-state index contributed by atoms with van der Waals surface area (Å²) in [6.45, 7) is 3.91. The fraction of sp³-hybridized carbons (Fsp3) is 0.591. The second-order valence-electron chi connectivity index (χ2n) is 8.39. The van der Waals surface area contributed by atoms with Gasteiger partial charge in [-0.3, -0.25) is 9.59 Å². The third-order valence-electron chi connectivity index (χ3n) is 6.28. The third-order valence-corrected chi connectivity index (χ3v) is 6.28. The summed E-state index contributed by atoms with van der Waals surface area (Å²) in [4.78, 5) is 39.3. The summed E-state index contributed by atoms with van der Waals surface area (Å²) >= 11 is 0. The molecule has 0 spiro atoms. The summed E-state index contributed by atoms with van der Waals surface area (Å²) < 4.78 is 5.33. The summed E-state index contributed by atoms with van der Waals surface area (Å²) in [5.74, 6) is -0.975. The van der Waals surface area contributed by atoms with Gasteiger partial charge in [0.1, 0.15) is 17.8 Å². The van der Waals surface area contributed by atoms with Gasteiger partial charge in [-0.2, -0.15) is 0 Å². The molecule has 2 N–H and O–H groups in total. The zero-order valence-electron chi connectivity index (χ0n) is 17.3. The highest BCUT2D eigenvalue weighted by Crippen LogP contribution is 2.42. The van der Waals surface area contributed by atoms with Crippen LogP contribution < -0.4 is 10.1 Å². The molecule has 0 bridgehead atoms. The molecule has 0 aromatic heterocycles. The number of nitrogens with one attached hydrogen (secondary N) is 1. The number of hydrogen-bond acceptors (Lipinski definition) is 4. The maximum atomic E-state index is 13.4. The predicted molar refractivity (Wildman–Crippen MR) is 108 cm³/mol. The van der Waals surface area contributed by atoms with Crippen LogP contribution in [0.25, 0.3) is 0 Å². The van der Waals surface area contributed by atoms with Crippen LogP contribution in [0.3, 0.4) is 0 Å². The van der Waals surface area contributed by atoms with Gasteiger partial charge in [-0.15, -0.1) is 0 Å². The average molecular weight is 402 g/mol. The molecule has 1 aliphatic carbocycles. The maximum Gasteiger partial charge on any atom is 0.326 e. The number of carboxylic acids is 1. The molecule has 1 saturated heterocycles. The monoisotopic (exact) mass is 402 g/mol. The molecule has 7 nitrogen and oxygen atoms in total. The molecule has 2 atom stereocenters. The van der Waals surface area contributed by atoms with Gasteiger partial charge in [-0.25, -0.2) is 4.79 Å². The van der Waals surface area contributed by atoms with Crippen molar-refractivity contribution in [3.8, 4) is 5.75 Å². The highest BCUT2D eigenvalue weighted by atomic mass is 16.5. The zero-order valence-corrected chi connectivity index (χ0v) is 17.3. The van der Waals surface area contributed by atoms with Crippen molar-refractivity contribution in [1.29, 1.82) is 0 Å². The minimum absolute atomic E-state index is 0.153. The van der Waals surface area contributed by atoms with E-state index >= 15 is 0 Å². The molecule has 2 fully saturated rings. The van der Waals surface area contributed by atoms with Crippen LogP contribution >= 0.6 is 0 Å². The van der Waals surface area contributed by atoms with Crippen LogP contribution in [0.2, 0.25) is 0 Å². The van der Waals surface area contributed by atoms with Crippen molar-refractivity contribution in [2.45, 2.75) is 63.5 Å². The highest BCUT2D eigenvalue weighted by molar-refractivity contribution is 5.95. The Hall–Kier alpha value is -2.57. The molecule has 2 unspecified atom stereocenters. The number of rotatable bonds is 7. The molecule has 0 radical (unpaired) electrons. The highest BCUT2D eigenvalue weighted by Gasteiger charge is 2.46. The van der Waals surface area contributed by atoms with Gasteiger partial charge in [0.25, 0.3) is 0 Å². The lowest BCUT2D eigenvalue weighted by molar-refractivity contribution is -0.150. The lowest BCUT2D eigenvalue weighted by atomic mass is 9.77. The van der Waals surface area contributed by atoms with Gasteiger partial charge in [-0.05, 0) is 42.9 Å². The zero-order chi connectivity index (χ0) is 21.2. The summed E-state index contributed by atoms with van der Waals surface area (Å²) in [5, 5.41) is 12.5. The van der Waals surface area contributed by atoms with E-state index in [1.807, 2.05) is 24.3 Å². The Kier molecular flexibility index (Phi) is 6.15. The molecule has 1 aliphatic heterocycles. The Balaban J connectivity index is 1.79. The first-order valence-electron chi connectivity index (χ1n) is 10.3. The van der Waals surface area contributed by atoms with Crippen LogP contribution in [-0.4, -0.2) is 53.5 Å². The summed E-state index contributed by atoms with van der Waals surface area (Å²) in [5.41, 5.74) is 0.228. The van der Waals surface area contributed by atoms with Crippen molar-refractivity contribution in [1.82, 2.24) is 10.2 Å². The van der Waals surface area contributed by atoms with E-state index in [2.05, 4.69) is 5.32 Å². The molecule has 1 saturated carbocycles. The molecule has 3 rings (SSSR count). The lowest BCUT2D eigenvalue weighted by Crippen LogP contribution is -2.52. The minimum Gasteiger partial charge on any atom is -0.497 e. The first-order valence-corrected chi connectivity index (χ1v) is 10.3. The number of carboxylic acid groups (broad SMARTS) is 1. The quantitative estimate of drug-likeness (QED) is 0.730. The standard InChI is InChI=1S/C22H30N2O5/c1-14(2)18(20(26)27)24-12-9-17(19(24)25)23-21(28)22(10-4-5-11-22)15-7-6-8-16(13-15)29-3/h6-8,13-14,17-18H,4-5,9-12H2,1-3H3,(H,23,28)(H,26,27). The Labute approximate surface area is 171 Å². The summed E-state index contributed by atoms with van der Waals surface area (Å²) in [7, 11) is 1.60. The minimum atomic E-state index is -1.01. The van der Waals surface area contributed by atoms with Crippen molar-refractivity contribution in [2.75, 3.05) is 13.7 Å². The van der Waals surface area contributed by atoms with E-state index in [0.717, 1.165) is 31.2 Å². The normalized spacial score (nSPS) is 22.0. The van der Waals surface area contributed by atoms with E-state index in [1.165, 1.54) is 4.90 Å². The molecule has 1 aromatic carbocycles. The largest absolute Gasteiger partial charge is 0.497 e. The number of benzene rings is 1. The molecule has 29 heavy (non-hydrogen) atoms. The van der Waals surface area contributed by atoms with E-state index in [9.17, 15) is 19.5 Å². The smallest absolute Gasteiger partial charge is 0.326 e. The Morgan fingerprint density at radius 3 is 2.55 bits per heavy atom. The fourth-order valence-electron chi connectivity index (χ4n) is 4.73. The number of amides is 2. The second-order valence-corrected chi connectivity index (χ2v) is 8.39. The number of carbonyl (C=O) groups is 3. The predicted octanol–water partition coefficient (Wildman–Crippen LogP) is 2.33. The van der Waals surface area contributed by atoms with Gasteiger partial charge in [-0.1, -0.05) is 38.8 Å². The van der Waals surface area contributed by atoms with Gasteiger partial charge in [0.05, 0.1) is 12.5 Å². The van der Waals surface area contributed by atoms with Gasteiger partial charge in [0, 0.05) is 6.54 Å². The van der Waals surface area contributed by atoms with Crippen LogP contribution in [-0.2, 0) is 19.8 Å². The van der Waals surface area contributed by atoms with Gasteiger partial charge < -0.3 is 20.1 Å². The van der Waals surface area contributed by atoms with Crippen molar-refractivity contribution in [3.05, 3.63) is 29.8 Å². The second kappa shape index (κ2) is 8.43. The number of ether oxygens (including phenoxy) is 1. The topological polar surface area (TPSA) is 95.9 Å². The number of likely N-dealkylation sites (tertiary alicyclic amines) is 1. The molecular weight excluding hydrogens is 372 g/mol. The molecule has 1 heterocycles. The van der Waals surface area contributed by atoms with Crippen molar-refractivity contribution >= 4 is 17.8 Å². The lowest BCUT2D eigenvalue weighted by Gasteiger charge is -2.31. The first kappa shape index (κ1) is 21.1. The third kappa shape index (κ3) is 3.95. The first-order chi connectivity index (χ1) is 13.8. The average Bonchev–Trinajstić information content (AvgIpc) is 3.31. The molecular formula is C22H30N2O5. The number of hydrogen-bond donors (Lipinski definition) is 2. The Morgan fingerprint density at radius 1 is 1.28 bits per heavy atom. The van der Waals surface area contributed by atoms with Crippen molar-refractivity contribution < 1.29 is 24.2 Å². The van der Waals surface area contributed by atoms with Crippen LogP contribution in [0.15, 0.2) is 24.3 Å². The molecule has 2 amide bonds. The fourth-order valence-corrected chi connectivity index (χ4v) is 4.73. The summed E-state index contributed by atoms with van der Waals surface area (Å²) in [6, 6.07) is 6.02. The van der Waals surface area contributed by atoms with E-state index in [-0.39, 0.29) is 17.7 Å². The molecule has 1 aromatic rings. The van der Waals surface area contributed by atoms with Crippen LogP contribution in [0.1, 0.15) is 51.5 Å². The Morgan fingerprint density at radius 2 is 1.97 bits per heavy atom. The number of aliphatic carboxylic acids is 1. The van der Waals surface area contributed by atoms with Crippen molar-refractivity contribution in [3.63, 3.8) is 0 Å². The summed E-state index contributed by atoms with van der Waals surface area (Å²) in [6.07, 6.45) is 3.77. The van der Waals surface area contributed by atoms with Crippen LogP contribution in [0, 0.1) is 5.92 Å². The number of methoxy groups -OCH3 is 1. The number of carbonyl (C=O) groups excluding carboxylic acids is 2. The Bertz CT molecular complexity index is 785. The van der Waals surface area contributed by atoms with E-state index in [1.54, 1.807) is 21.0 Å². The molecule has 158 valence electrons. The number of nitrogens with zero attached hydrogens (tertiary/aromatic N) is 1. The van der Waals surface area contributed by atoms with E-state index in [4.69, 9.17) is 4.74 Å². The van der Waals surface area contributed by atoms with E-state index in [0.29, 0.717) is 18.7 Å². The van der Waals surface area contributed by atoms with Gasteiger partial charge in [0.2, 0.25) is 11.8 Å².